The van der Waals surface area contributed by atoms with Gasteiger partial charge in [0, 0.05) is 5.02 Å². The number of aliphatic carboxylic acids is 1. The van der Waals surface area contributed by atoms with Gasteiger partial charge in [0.1, 0.15) is 11.5 Å². The molecule has 2 rings (SSSR count). The van der Waals surface area contributed by atoms with E-state index in [1.807, 2.05) is 0 Å². The molecule has 1 N–H and O–H groups in total. The van der Waals surface area contributed by atoms with E-state index in [9.17, 15) is 4.79 Å². The molecular formula is C15H13ClO3. The highest BCUT2D eigenvalue weighted by molar-refractivity contribution is 6.30. The Bertz CT molecular complexity index is 578. The average Bonchev–Trinajstić information content (AvgIpc) is 2.39. The van der Waals surface area contributed by atoms with E-state index in [2.05, 4.69) is 0 Å². The molecule has 0 aliphatic carbocycles. The number of hydrogen-bond acceptors (Lipinski definition) is 2. The number of carbonyl (C=O) groups is 1. The van der Waals surface area contributed by atoms with Crippen LogP contribution >= 0.6 is 11.6 Å². The standard InChI is InChI=1S/C15H13ClO3/c1-10(15(17)18)11-5-7-13(8-6-11)19-14-4-2-3-12(16)9-14/h2-10H,1H3,(H,17,18). The monoisotopic (exact) mass is 276 g/mol. The summed E-state index contributed by atoms with van der Waals surface area (Å²) in [6.45, 7) is 1.65. The molecule has 2 aromatic carbocycles. The van der Waals surface area contributed by atoms with E-state index in [1.165, 1.54) is 0 Å². The number of ether oxygens (including phenoxy) is 1. The van der Waals surface area contributed by atoms with Crippen LogP contribution in [0.5, 0.6) is 11.5 Å². The molecule has 1 atom stereocenters. The Morgan fingerprint density at radius 3 is 2.42 bits per heavy atom. The van der Waals surface area contributed by atoms with Crippen LogP contribution < -0.4 is 4.74 Å². The maximum Gasteiger partial charge on any atom is 0.310 e. The van der Waals surface area contributed by atoms with Crippen LogP contribution in [0, 0.1) is 0 Å². The summed E-state index contributed by atoms with van der Waals surface area (Å²) in [4.78, 5) is 10.9. The van der Waals surface area contributed by atoms with Gasteiger partial charge in [0.05, 0.1) is 5.92 Å². The van der Waals surface area contributed by atoms with Gasteiger partial charge in [0.25, 0.3) is 0 Å². The molecule has 0 bridgehead atoms. The molecule has 0 amide bonds. The van der Waals surface area contributed by atoms with Crippen molar-refractivity contribution >= 4 is 17.6 Å². The van der Waals surface area contributed by atoms with E-state index in [1.54, 1.807) is 55.5 Å². The number of rotatable bonds is 4. The summed E-state index contributed by atoms with van der Waals surface area (Å²) in [6, 6.07) is 14.1. The van der Waals surface area contributed by atoms with Crippen molar-refractivity contribution in [3.63, 3.8) is 0 Å². The van der Waals surface area contributed by atoms with Crippen LogP contribution in [0.3, 0.4) is 0 Å². The molecule has 0 fully saturated rings. The van der Waals surface area contributed by atoms with Crippen LogP contribution in [0.25, 0.3) is 0 Å². The van der Waals surface area contributed by atoms with Crippen molar-refractivity contribution in [2.75, 3.05) is 0 Å². The lowest BCUT2D eigenvalue weighted by Gasteiger charge is -2.09. The second kappa shape index (κ2) is 5.76. The third-order valence-corrected chi connectivity index (χ3v) is 3.02. The molecule has 3 nitrogen and oxygen atoms in total. The SMILES string of the molecule is CC(C(=O)O)c1ccc(Oc2cccc(Cl)c2)cc1. The van der Waals surface area contributed by atoms with Crippen molar-refractivity contribution in [3.05, 3.63) is 59.1 Å². The highest BCUT2D eigenvalue weighted by Crippen LogP contribution is 2.25. The van der Waals surface area contributed by atoms with Gasteiger partial charge in [-0.2, -0.15) is 0 Å². The minimum Gasteiger partial charge on any atom is -0.481 e. The van der Waals surface area contributed by atoms with Gasteiger partial charge in [0.2, 0.25) is 0 Å². The smallest absolute Gasteiger partial charge is 0.310 e. The van der Waals surface area contributed by atoms with E-state index in [0.717, 1.165) is 5.56 Å². The Labute approximate surface area is 116 Å². The predicted octanol–water partition coefficient (Wildman–Crippen LogP) is 4.32. The Morgan fingerprint density at radius 2 is 1.84 bits per heavy atom. The van der Waals surface area contributed by atoms with Crippen molar-refractivity contribution in [1.82, 2.24) is 0 Å². The number of benzene rings is 2. The second-order valence-electron chi connectivity index (χ2n) is 4.19. The van der Waals surface area contributed by atoms with Gasteiger partial charge in [-0.1, -0.05) is 29.8 Å². The largest absolute Gasteiger partial charge is 0.481 e. The van der Waals surface area contributed by atoms with E-state index in [0.29, 0.717) is 16.5 Å². The average molecular weight is 277 g/mol. The second-order valence-corrected chi connectivity index (χ2v) is 4.62. The molecule has 98 valence electrons. The quantitative estimate of drug-likeness (QED) is 0.904. The number of carboxylic acids is 1. The molecule has 4 heteroatoms. The zero-order valence-electron chi connectivity index (χ0n) is 10.3. The highest BCUT2D eigenvalue weighted by atomic mass is 35.5. The highest BCUT2D eigenvalue weighted by Gasteiger charge is 2.13. The summed E-state index contributed by atoms with van der Waals surface area (Å²) in [5, 5.41) is 9.53. The summed E-state index contributed by atoms with van der Waals surface area (Å²) >= 11 is 5.87. The number of carboxylic acid groups (broad SMARTS) is 1. The summed E-state index contributed by atoms with van der Waals surface area (Å²) in [5.41, 5.74) is 0.742. The fourth-order valence-electron chi connectivity index (χ4n) is 1.63. The molecule has 0 spiro atoms. The van der Waals surface area contributed by atoms with Gasteiger partial charge in [-0.15, -0.1) is 0 Å². The molecule has 1 unspecified atom stereocenters. The summed E-state index contributed by atoms with van der Waals surface area (Å²) in [7, 11) is 0. The molecule has 0 radical (unpaired) electrons. The maximum absolute atomic E-state index is 10.9. The minimum absolute atomic E-state index is 0.528. The fraction of sp³-hybridized carbons (Fsp3) is 0.133. The Balaban J connectivity index is 2.13. The Kier molecular flexibility index (Phi) is 4.07. The van der Waals surface area contributed by atoms with Crippen LogP contribution in [0.2, 0.25) is 5.02 Å². The molecule has 0 aromatic heterocycles. The molecule has 2 aromatic rings. The van der Waals surface area contributed by atoms with Crippen molar-refractivity contribution in [2.24, 2.45) is 0 Å². The van der Waals surface area contributed by atoms with Crippen molar-refractivity contribution in [2.45, 2.75) is 12.8 Å². The molecule has 0 saturated heterocycles. The maximum atomic E-state index is 10.9. The lowest BCUT2D eigenvalue weighted by atomic mass is 10.0. The summed E-state index contributed by atoms with van der Waals surface area (Å²) < 4.78 is 5.62. The van der Waals surface area contributed by atoms with Crippen LogP contribution in [-0.2, 0) is 4.79 Å². The van der Waals surface area contributed by atoms with Gasteiger partial charge < -0.3 is 9.84 Å². The first-order valence-electron chi connectivity index (χ1n) is 5.82. The molecule has 0 aliphatic rings. The predicted molar refractivity (Wildman–Crippen MR) is 74.0 cm³/mol. The topological polar surface area (TPSA) is 46.5 Å². The fourth-order valence-corrected chi connectivity index (χ4v) is 1.81. The van der Waals surface area contributed by atoms with E-state index >= 15 is 0 Å². The normalized spacial score (nSPS) is 11.9. The van der Waals surface area contributed by atoms with E-state index in [4.69, 9.17) is 21.4 Å². The third-order valence-electron chi connectivity index (χ3n) is 2.78. The van der Waals surface area contributed by atoms with Crippen LogP contribution in [0.1, 0.15) is 18.4 Å². The first-order chi connectivity index (χ1) is 9.06. The minimum atomic E-state index is -0.844. The van der Waals surface area contributed by atoms with Crippen LogP contribution in [0.4, 0.5) is 0 Å². The van der Waals surface area contributed by atoms with E-state index in [-0.39, 0.29) is 0 Å². The Hall–Kier alpha value is -2.00. The van der Waals surface area contributed by atoms with Gasteiger partial charge in [0.15, 0.2) is 0 Å². The Morgan fingerprint density at radius 1 is 1.16 bits per heavy atom. The molecule has 19 heavy (non-hydrogen) atoms. The third kappa shape index (κ3) is 3.48. The summed E-state index contributed by atoms with van der Waals surface area (Å²) in [5.74, 6) is -0.0844. The molecule has 0 aliphatic heterocycles. The number of hydrogen-bond donors (Lipinski definition) is 1. The van der Waals surface area contributed by atoms with Gasteiger partial charge >= 0.3 is 5.97 Å². The number of halogens is 1. The van der Waals surface area contributed by atoms with Crippen molar-refractivity contribution in [1.29, 1.82) is 0 Å². The van der Waals surface area contributed by atoms with Crippen LogP contribution in [0.15, 0.2) is 48.5 Å². The molecule has 0 saturated carbocycles. The van der Waals surface area contributed by atoms with Crippen LogP contribution in [-0.4, -0.2) is 11.1 Å². The molecular weight excluding hydrogens is 264 g/mol. The van der Waals surface area contributed by atoms with Gasteiger partial charge in [-0.25, -0.2) is 0 Å². The zero-order chi connectivity index (χ0) is 13.8. The zero-order valence-corrected chi connectivity index (χ0v) is 11.1. The molecule has 0 heterocycles. The first-order valence-corrected chi connectivity index (χ1v) is 6.20. The van der Waals surface area contributed by atoms with E-state index < -0.39 is 11.9 Å². The van der Waals surface area contributed by atoms with Gasteiger partial charge in [-0.05, 0) is 42.8 Å². The lowest BCUT2D eigenvalue weighted by Crippen LogP contribution is -2.06. The van der Waals surface area contributed by atoms with Crippen molar-refractivity contribution < 1.29 is 14.6 Å². The summed E-state index contributed by atoms with van der Waals surface area (Å²) in [6.07, 6.45) is 0. The van der Waals surface area contributed by atoms with Crippen molar-refractivity contribution in [3.8, 4) is 11.5 Å². The lowest BCUT2D eigenvalue weighted by molar-refractivity contribution is -0.138. The van der Waals surface area contributed by atoms with Gasteiger partial charge in [-0.3, -0.25) is 4.79 Å². The first kappa shape index (κ1) is 13.4.